The van der Waals surface area contributed by atoms with E-state index in [9.17, 15) is 0 Å². The van der Waals surface area contributed by atoms with E-state index < -0.39 is 0 Å². The van der Waals surface area contributed by atoms with Crippen molar-refractivity contribution >= 4 is 5.84 Å². The van der Waals surface area contributed by atoms with Crippen molar-refractivity contribution in [2.45, 2.75) is 19.4 Å². The van der Waals surface area contributed by atoms with E-state index in [1.165, 1.54) is 12.8 Å². The Kier molecular flexibility index (Phi) is 2.00. The van der Waals surface area contributed by atoms with Crippen molar-refractivity contribution in [3.8, 4) is 0 Å². The molecule has 0 bridgehead atoms. The maximum Gasteiger partial charge on any atom is 0.154 e. The van der Waals surface area contributed by atoms with Crippen LogP contribution in [0.15, 0.2) is 11.3 Å². The van der Waals surface area contributed by atoms with Gasteiger partial charge in [0.1, 0.15) is 12.9 Å². The number of amidine groups is 1. The molecule has 0 amide bonds. The highest BCUT2D eigenvalue weighted by Crippen LogP contribution is 2.28. The number of nitrogens with two attached hydrogens (primary N) is 1. The van der Waals surface area contributed by atoms with E-state index in [-0.39, 0.29) is 0 Å². The van der Waals surface area contributed by atoms with Gasteiger partial charge in [-0.25, -0.2) is 0 Å². The zero-order valence-electron chi connectivity index (χ0n) is 7.64. The number of nitrogens with zero attached hydrogens (tertiary/aromatic N) is 4. The van der Waals surface area contributed by atoms with Gasteiger partial charge in [0, 0.05) is 13.0 Å². The molecule has 1 fully saturated rings. The van der Waals surface area contributed by atoms with Crippen LogP contribution in [0.1, 0.15) is 18.7 Å². The fourth-order valence-electron chi connectivity index (χ4n) is 1.12. The number of aliphatic imine (C=N–C) groups is 1. The summed E-state index contributed by atoms with van der Waals surface area (Å²) < 4.78 is 1.85. The molecule has 1 heterocycles. The van der Waals surface area contributed by atoms with Crippen LogP contribution >= 0.6 is 0 Å². The van der Waals surface area contributed by atoms with Gasteiger partial charge in [0.2, 0.25) is 0 Å². The summed E-state index contributed by atoms with van der Waals surface area (Å²) in [4.78, 5) is 4.26. The van der Waals surface area contributed by atoms with Gasteiger partial charge in [-0.05, 0) is 12.8 Å². The molecule has 0 spiro atoms. The van der Waals surface area contributed by atoms with Crippen LogP contribution in [0.25, 0.3) is 0 Å². The van der Waals surface area contributed by atoms with E-state index in [0.717, 1.165) is 11.7 Å². The molecule has 13 heavy (non-hydrogen) atoms. The Morgan fingerprint density at radius 2 is 2.54 bits per heavy atom. The van der Waals surface area contributed by atoms with Gasteiger partial charge in [-0.15, -0.1) is 10.2 Å². The van der Waals surface area contributed by atoms with Gasteiger partial charge in [-0.2, -0.15) is 0 Å². The van der Waals surface area contributed by atoms with Crippen molar-refractivity contribution in [1.82, 2.24) is 14.8 Å². The van der Waals surface area contributed by atoms with Crippen LogP contribution in [0.3, 0.4) is 0 Å². The Balaban J connectivity index is 1.98. The zero-order chi connectivity index (χ0) is 9.26. The van der Waals surface area contributed by atoms with Gasteiger partial charge in [-0.1, -0.05) is 0 Å². The monoisotopic (exact) mass is 179 g/mol. The zero-order valence-corrected chi connectivity index (χ0v) is 7.64. The van der Waals surface area contributed by atoms with Crippen LogP contribution in [0, 0.1) is 5.92 Å². The minimum atomic E-state index is 0.535. The van der Waals surface area contributed by atoms with Gasteiger partial charge in [0.15, 0.2) is 5.82 Å². The molecule has 1 aliphatic carbocycles. The van der Waals surface area contributed by atoms with Gasteiger partial charge in [-0.3, -0.25) is 4.99 Å². The molecule has 70 valence electrons. The molecule has 1 aromatic heterocycles. The first-order valence-electron chi connectivity index (χ1n) is 4.40. The fraction of sp³-hybridized carbons (Fsp3) is 0.625. The predicted molar refractivity (Wildman–Crippen MR) is 49.1 cm³/mol. The topological polar surface area (TPSA) is 69.1 Å². The molecule has 1 aliphatic rings. The highest BCUT2D eigenvalue weighted by Gasteiger charge is 2.25. The van der Waals surface area contributed by atoms with E-state index in [0.29, 0.717) is 12.5 Å². The summed E-state index contributed by atoms with van der Waals surface area (Å²) in [6, 6.07) is 0. The smallest absolute Gasteiger partial charge is 0.154 e. The molecule has 5 nitrogen and oxygen atoms in total. The highest BCUT2D eigenvalue weighted by molar-refractivity contribution is 5.84. The summed E-state index contributed by atoms with van der Waals surface area (Å²) in [5, 5.41) is 7.68. The predicted octanol–water partition coefficient (Wildman–Crippen LogP) is 0.0823. The van der Waals surface area contributed by atoms with Crippen LogP contribution in [0.4, 0.5) is 0 Å². The number of hydrogen-bond donors (Lipinski definition) is 1. The molecule has 0 aromatic carbocycles. The minimum Gasteiger partial charge on any atom is -0.387 e. The third-order valence-corrected chi connectivity index (χ3v) is 2.20. The lowest BCUT2D eigenvalue weighted by Crippen LogP contribution is -2.14. The Hall–Kier alpha value is -1.39. The maximum atomic E-state index is 5.74. The summed E-state index contributed by atoms with van der Waals surface area (Å²) in [5.41, 5.74) is 5.74. The second kappa shape index (κ2) is 3.16. The first-order valence-corrected chi connectivity index (χ1v) is 4.40. The number of aryl methyl sites for hydroxylation is 1. The molecule has 1 aromatic rings. The summed E-state index contributed by atoms with van der Waals surface area (Å²) in [6.07, 6.45) is 4.04. The molecule has 0 radical (unpaired) electrons. The molecule has 1 saturated carbocycles. The molecule has 0 saturated heterocycles. The number of aromatic nitrogens is 3. The molecular weight excluding hydrogens is 166 g/mol. The van der Waals surface area contributed by atoms with Crippen LogP contribution < -0.4 is 5.73 Å². The Morgan fingerprint density at radius 3 is 3.08 bits per heavy atom. The number of rotatable bonds is 3. The number of hydrogen-bond acceptors (Lipinski definition) is 3. The minimum absolute atomic E-state index is 0.535. The quantitative estimate of drug-likeness (QED) is 0.528. The fourth-order valence-corrected chi connectivity index (χ4v) is 1.12. The third-order valence-electron chi connectivity index (χ3n) is 2.20. The second-order valence-corrected chi connectivity index (χ2v) is 3.37. The molecule has 2 N–H and O–H groups in total. The van der Waals surface area contributed by atoms with E-state index in [4.69, 9.17) is 5.73 Å². The second-order valence-electron chi connectivity index (χ2n) is 3.37. The summed E-state index contributed by atoms with van der Waals surface area (Å²) in [6.45, 7) is 0.541. The average Bonchev–Trinajstić information content (AvgIpc) is 2.88. The Labute approximate surface area is 76.7 Å². The van der Waals surface area contributed by atoms with Crippen molar-refractivity contribution in [3.05, 3.63) is 12.2 Å². The first-order chi connectivity index (χ1) is 6.27. The van der Waals surface area contributed by atoms with Gasteiger partial charge in [0.05, 0.1) is 5.84 Å². The lowest BCUT2D eigenvalue weighted by atomic mass is 10.4. The molecular formula is C8H13N5. The summed E-state index contributed by atoms with van der Waals surface area (Å²) in [5.74, 6) is 2.15. The molecule has 5 heteroatoms. The van der Waals surface area contributed by atoms with Gasteiger partial charge >= 0.3 is 0 Å². The van der Waals surface area contributed by atoms with E-state index >= 15 is 0 Å². The van der Waals surface area contributed by atoms with Gasteiger partial charge in [0.25, 0.3) is 0 Å². The Bertz CT molecular complexity index is 323. The lowest BCUT2D eigenvalue weighted by molar-refractivity contribution is 0.789. The third kappa shape index (κ3) is 1.85. The van der Waals surface area contributed by atoms with Crippen molar-refractivity contribution < 1.29 is 0 Å². The lowest BCUT2D eigenvalue weighted by Gasteiger charge is -1.97. The molecule has 0 aliphatic heterocycles. The summed E-state index contributed by atoms with van der Waals surface area (Å²) >= 11 is 0. The van der Waals surface area contributed by atoms with E-state index in [2.05, 4.69) is 15.2 Å². The standard InChI is InChI=1S/C8H13N5/c1-13-5-11-12-7(13)4-10-8(9)6-2-3-6/h5-6H,2-4H2,1H3,(H2,9,10). The van der Waals surface area contributed by atoms with Crippen molar-refractivity contribution in [3.63, 3.8) is 0 Å². The van der Waals surface area contributed by atoms with Crippen molar-refractivity contribution in [1.29, 1.82) is 0 Å². The SMILES string of the molecule is Cn1cnnc1CN=C(N)C1CC1. The normalized spacial score (nSPS) is 17.8. The summed E-state index contributed by atoms with van der Waals surface area (Å²) in [7, 11) is 1.90. The maximum absolute atomic E-state index is 5.74. The van der Waals surface area contributed by atoms with Crippen LogP contribution in [-0.4, -0.2) is 20.6 Å². The van der Waals surface area contributed by atoms with Crippen LogP contribution in [0.2, 0.25) is 0 Å². The van der Waals surface area contributed by atoms with Crippen LogP contribution in [-0.2, 0) is 13.6 Å². The van der Waals surface area contributed by atoms with E-state index in [1.54, 1.807) is 6.33 Å². The largest absolute Gasteiger partial charge is 0.387 e. The van der Waals surface area contributed by atoms with Crippen LogP contribution in [0.5, 0.6) is 0 Å². The van der Waals surface area contributed by atoms with Crippen molar-refractivity contribution in [2.75, 3.05) is 0 Å². The molecule has 0 unspecified atom stereocenters. The first kappa shape index (κ1) is 8.22. The molecule has 2 rings (SSSR count). The average molecular weight is 179 g/mol. The van der Waals surface area contributed by atoms with Crippen molar-refractivity contribution in [2.24, 2.45) is 23.7 Å². The van der Waals surface area contributed by atoms with E-state index in [1.807, 2.05) is 11.6 Å². The van der Waals surface area contributed by atoms with Gasteiger partial charge < -0.3 is 10.3 Å². The highest BCUT2D eigenvalue weighted by atomic mass is 15.3. The molecule has 0 atom stereocenters. The Morgan fingerprint density at radius 1 is 1.77 bits per heavy atom.